The minimum absolute atomic E-state index is 0.436. The van der Waals surface area contributed by atoms with Crippen molar-refractivity contribution in [3.63, 3.8) is 0 Å². The molecule has 0 aliphatic carbocycles. The van der Waals surface area contributed by atoms with Crippen molar-refractivity contribution in [1.82, 2.24) is 4.98 Å². The molecule has 3 rings (SSSR count). The lowest BCUT2D eigenvalue weighted by Gasteiger charge is -2.32. The Morgan fingerprint density at radius 3 is 2.64 bits per heavy atom. The highest BCUT2D eigenvalue weighted by molar-refractivity contribution is 5.98. The first kappa shape index (κ1) is 19.4. The Labute approximate surface area is 164 Å². The number of nitrogens with zero attached hydrogens (tertiary/aromatic N) is 2. The minimum Gasteiger partial charge on any atom is -0.496 e. The maximum Gasteiger partial charge on any atom is 0.247 e. The van der Waals surface area contributed by atoms with Gasteiger partial charge in [-0.2, -0.15) is 0 Å². The van der Waals surface area contributed by atoms with Gasteiger partial charge in [0.1, 0.15) is 5.75 Å². The van der Waals surface area contributed by atoms with Gasteiger partial charge in [0.2, 0.25) is 11.8 Å². The summed E-state index contributed by atoms with van der Waals surface area (Å²) in [7, 11) is 4.86. The Balaban J connectivity index is 2.35. The number of rotatable bonds is 5. The van der Waals surface area contributed by atoms with Gasteiger partial charge >= 0.3 is 0 Å². The Kier molecular flexibility index (Phi) is 5.35. The maximum absolute atomic E-state index is 12.4. The number of primary amides is 1. The molecule has 1 aliphatic heterocycles. The quantitative estimate of drug-likeness (QED) is 0.777. The van der Waals surface area contributed by atoms with Crippen molar-refractivity contribution in [3.05, 3.63) is 57.9 Å². The molecule has 0 bridgehead atoms. The summed E-state index contributed by atoms with van der Waals surface area (Å²) in [6.45, 7) is 3.79. The van der Waals surface area contributed by atoms with E-state index in [1.54, 1.807) is 33.7 Å². The molecule has 2 aromatic rings. The molecule has 7 nitrogen and oxygen atoms in total. The van der Waals surface area contributed by atoms with Gasteiger partial charge in [-0.05, 0) is 31.0 Å². The van der Waals surface area contributed by atoms with E-state index in [4.69, 9.17) is 15.2 Å². The third-order valence-electron chi connectivity index (χ3n) is 4.87. The van der Waals surface area contributed by atoms with Crippen LogP contribution in [0.5, 0.6) is 11.6 Å². The molecule has 0 fully saturated rings. The molecular formula is C21H24N4O3. The zero-order chi connectivity index (χ0) is 20.4. The lowest BCUT2D eigenvalue weighted by molar-refractivity contribution is -0.114. The van der Waals surface area contributed by atoms with Crippen LogP contribution in [0.1, 0.15) is 35.1 Å². The number of ether oxygens (including phenoxy) is 2. The summed E-state index contributed by atoms with van der Waals surface area (Å²) < 4.78 is 11.2. The van der Waals surface area contributed by atoms with Gasteiger partial charge in [-0.3, -0.25) is 9.79 Å². The Bertz CT molecular complexity index is 995. The third-order valence-corrected chi connectivity index (χ3v) is 4.87. The van der Waals surface area contributed by atoms with Gasteiger partial charge in [0.15, 0.2) is 0 Å². The van der Waals surface area contributed by atoms with Crippen LogP contribution in [0, 0.1) is 6.92 Å². The third kappa shape index (κ3) is 3.19. The predicted molar refractivity (Wildman–Crippen MR) is 109 cm³/mol. The number of hydrogen-bond donors (Lipinski definition) is 2. The molecule has 0 radical (unpaired) electrons. The number of amides is 1. The number of benzene rings is 1. The van der Waals surface area contributed by atoms with Gasteiger partial charge in [0.05, 0.1) is 31.4 Å². The van der Waals surface area contributed by atoms with Gasteiger partial charge in [-0.1, -0.05) is 12.1 Å². The lowest BCUT2D eigenvalue weighted by Crippen LogP contribution is -2.28. The van der Waals surface area contributed by atoms with Crippen LogP contribution in [-0.4, -0.2) is 38.4 Å². The molecule has 2 heterocycles. The van der Waals surface area contributed by atoms with Crippen LogP contribution in [-0.2, 0) is 4.79 Å². The number of aliphatic imine (C=N–C) groups is 1. The van der Waals surface area contributed by atoms with Crippen LogP contribution in [0.2, 0.25) is 0 Å². The van der Waals surface area contributed by atoms with E-state index in [1.807, 2.05) is 32.0 Å². The first-order valence-corrected chi connectivity index (χ1v) is 8.84. The number of nitrogens with two attached hydrogens (primary N) is 1. The zero-order valence-corrected chi connectivity index (χ0v) is 16.7. The van der Waals surface area contributed by atoms with Crippen LogP contribution in [0.4, 0.5) is 5.69 Å². The fraction of sp³-hybridized carbons (Fsp3) is 0.286. The molecule has 1 aliphatic rings. The van der Waals surface area contributed by atoms with E-state index in [2.05, 4.69) is 15.3 Å². The van der Waals surface area contributed by atoms with Crippen molar-refractivity contribution >= 4 is 17.8 Å². The summed E-state index contributed by atoms with van der Waals surface area (Å²) in [6.07, 6.45) is 3.48. The van der Waals surface area contributed by atoms with Gasteiger partial charge < -0.3 is 20.5 Å². The highest BCUT2D eigenvalue weighted by Crippen LogP contribution is 2.48. The van der Waals surface area contributed by atoms with E-state index in [0.29, 0.717) is 22.9 Å². The largest absolute Gasteiger partial charge is 0.496 e. The molecule has 0 saturated carbocycles. The first-order valence-electron chi connectivity index (χ1n) is 8.84. The van der Waals surface area contributed by atoms with Gasteiger partial charge in [-0.25, -0.2) is 4.98 Å². The highest BCUT2D eigenvalue weighted by atomic mass is 16.5. The SMILES string of the molecule is CN=Cc1ccc(C2C(C(N)=O)=C(C)Nc3c(C)cnc(OC)c32)c(OC)c1. The number of allylic oxidation sites excluding steroid dienone is 1. The Morgan fingerprint density at radius 1 is 1.29 bits per heavy atom. The standard InChI is InChI=1S/C21H24N4O3/c1-11-9-24-21(28-5)18-17(16(20(22)26)12(2)25-19(11)18)14-7-6-13(10-23-3)8-15(14)27-4/h6-10,17,25H,1-5H3,(H2,22,26). The van der Waals surface area contributed by atoms with Gasteiger partial charge in [0, 0.05) is 36.3 Å². The van der Waals surface area contributed by atoms with Crippen LogP contribution >= 0.6 is 0 Å². The fourth-order valence-corrected chi connectivity index (χ4v) is 3.65. The number of nitrogens with one attached hydrogen (secondary N) is 1. The van der Waals surface area contributed by atoms with E-state index in [1.165, 1.54) is 0 Å². The molecular weight excluding hydrogens is 356 g/mol. The smallest absolute Gasteiger partial charge is 0.247 e. The molecule has 3 N–H and O–H groups in total. The second-order valence-electron chi connectivity index (χ2n) is 6.59. The Hall–Kier alpha value is -3.35. The molecule has 1 atom stereocenters. The van der Waals surface area contributed by atoms with Crippen LogP contribution in [0.25, 0.3) is 0 Å². The number of aryl methyl sites for hydroxylation is 1. The highest BCUT2D eigenvalue weighted by Gasteiger charge is 2.36. The lowest BCUT2D eigenvalue weighted by atomic mass is 9.79. The molecule has 1 unspecified atom stereocenters. The van der Waals surface area contributed by atoms with Crippen molar-refractivity contribution < 1.29 is 14.3 Å². The summed E-state index contributed by atoms with van der Waals surface area (Å²) in [6, 6.07) is 5.73. The van der Waals surface area contributed by atoms with Crippen molar-refractivity contribution in [3.8, 4) is 11.6 Å². The number of carbonyl (C=O) groups is 1. The average molecular weight is 380 g/mol. The van der Waals surface area contributed by atoms with E-state index < -0.39 is 11.8 Å². The van der Waals surface area contributed by atoms with E-state index >= 15 is 0 Å². The predicted octanol–water partition coefficient (Wildman–Crippen LogP) is 2.77. The van der Waals surface area contributed by atoms with Crippen molar-refractivity contribution in [1.29, 1.82) is 0 Å². The molecule has 1 amide bonds. The summed E-state index contributed by atoms with van der Waals surface area (Å²) in [5.41, 5.74) is 11.2. The van der Waals surface area contributed by atoms with Crippen molar-refractivity contribution in [2.45, 2.75) is 19.8 Å². The number of pyridine rings is 1. The summed E-state index contributed by atoms with van der Waals surface area (Å²) in [5, 5.41) is 3.30. The number of methoxy groups -OCH3 is 2. The number of anilines is 1. The topological polar surface area (TPSA) is 98.8 Å². The number of hydrogen-bond acceptors (Lipinski definition) is 6. The van der Waals surface area contributed by atoms with Gasteiger partial charge in [0.25, 0.3) is 0 Å². The Morgan fingerprint density at radius 2 is 2.04 bits per heavy atom. The van der Waals surface area contributed by atoms with Crippen molar-refractivity contribution in [2.75, 3.05) is 26.6 Å². The molecule has 7 heteroatoms. The molecule has 146 valence electrons. The summed E-state index contributed by atoms with van der Waals surface area (Å²) in [4.78, 5) is 20.9. The molecule has 1 aromatic heterocycles. The van der Waals surface area contributed by atoms with Crippen LogP contribution in [0.3, 0.4) is 0 Å². The summed E-state index contributed by atoms with van der Waals surface area (Å²) in [5.74, 6) is 0.0834. The average Bonchev–Trinajstić information content (AvgIpc) is 2.67. The number of fused-ring (bicyclic) bond motifs is 1. The molecule has 28 heavy (non-hydrogen) atoms. The molecule has 0 saturated heterocycles. The molecule has 0 spiro atoms. The zero-order valence-electron chi connectivity index (χ0n) is 16.7. The minimum atomic E-state index is -0.509. The second-order valence-corrected chi connectivity index (χ2v) is 6.59. The fourth-order valence-electron chi connectivity index (χ4n) is 3.65. The number of carbonyl (C=O) groups excluding carboxylic acids is 1. The van der Waals surface area contributed by atoms with Crippen LogP contribution in [0.15, 0.2) is 40.7 Å². The van der Waals surface area contributed by atoms with Crippen LogP contribution < -0.4 is 20.5 Å². The summed E-state index contributed by atoms with van der Waals surface area (Å²) >= 11 is 0. The van der Waals surface area contributed by atoms with Gasteiger partial charge in [-0.15, -0.1) is 0 Å². The first-order chi connectivity index (χ1) is 13.4. The monoisotopic (exact) mass is 380 g/mol. The van der Waals surface area contributed by atoms with E-state index in [9.17, 15) is 4.79 Å². The normalized spacial score (nSPS) is 16.0. The van der Waals surface area contributed by atoms with E-state index in [-0.39, 0.29) is 0 Å². The van der Waals surface area contributed by atoms with E-state index in [0.717, 1.165) is 27.9 Å². The maximum atomic E-state index is 12.4. The van der Waals surface area contributed by atoms with Crippen molar-refractivity contribution in [2.24, 2.45) is 10.7 Å². The number of aromatic nitrogens is 1. The molecule has 1 aromatic carbocycles. The second kappa shape index (κ2) is 7.72.